The van der Waals surface area contributed by atoms with E-state index in [0.717, 1.165) is 17.8 Å². The highest BCUT2D eigenvalue weighted by atomic mass is 35.5. The SMILES string of the molecule is CCC(C(=O)Nc1cc(O)c(NC(=O)c2ccc(C)cc2)cc1-n1ccc(C(=O)OC)n1)S(=O)(=O)c1ccc(Cl)cn1. The van der Waals surface area contributed by atoms with Crippen molar-refractivity contribution in [3.63, 3.8) is 0 Å². The zero-order valence-electron chi connectivity index (χ0n) is 22.7. The van der Waals surface area contributed by atoms with Crippen molar-refractivity contribution in [1.82, 2.24) is 14.8 Å². The number of aromatic hydroxyl groups is 1. The Morgan fingerprint density at radius 2 is 1.76 bits per heavy atom. The van der Waals surface area contributed by atoms with Gasteiger partial charge in [-0.25, -0.2) is 22.9 Å². The molecule has 0 spiro atoms. The van der Waals surface area contributed by atoms with Gasteiger partial charge in [-0.1, -0.05) is 36.2 Å². The number of carbonyl (C=O) groups is 3. The van der Waals surface area contributed by atoms with Crippen LogP contribution >= 0.6 is 11.6 Å². The summed E-state index contributed by atoms with van der Waals surface area (Å²) in [4.78, 5) is 42.1. The molecule has 0 saturated heterocycles. The standard InChI is InChI=1S/C28H26ClN5O7S/c1-4-24(42(39,40)25-10-9-18(29)15-30-25)27(37)31-20-14-23(35)21(32-26(36)17-7-5-16(2)6-8-17)13-22(20)34-12-11-19(33-34)28(38)41-3/h5-15,24,35H,4H2,1-3H3,(H,31,37)(H,32,36). The van der Waals surface area contributed by atoms with E-state index in [1.807, 2.05) is 6.92 Å². The predicted molar refractivity (Wildman–Crippen MR) is 155 cm³/mol. The van der Waals surface area contributed by atoms with Crippen molar-refractivity contribution >= 4 is 50.6 Å². The van der Waals surface area contributed by atoms with Crippen LogP contribution in [-0.4, -0.2) is 58.4 Å². The largest absolute Gasteiger partial charge is 0.506 e. The van der Waals surface area contributed by atoms with Crippen molar-refractivity contribution in [2.45, 2.75) is 30.5 Å². The number of anilines is 2. The Kier molecular flexibility index (Phi) is 8.93. The monoisotopic (exact) mass is 611 g/mol. The lowest BCUT2D eigenvalue weighted by atomic mass is 10.1. The van der Waals surface area contributed by atoms with Crippen LogP contribution in [0.3, 0.4) is 0 Å². The van der Waals surface area contributed by atoms with Gasteiger partial charge in [0.2, 0.25) is 15.7 Å². The van der Waals surface area contributed by atoms with Crippen molar-refractivity contribution < 1.29 is 32.6 Å². The fourth-order valence-corrected chi connectivity index (χ4v) is 5.61. The molecule has 0 fully saturated rings. The molecule has 4 rings (SSSR count). The second-order valence-electron chi connectivity index (χ2n) is 9.09. The van der Waals surface area contributed by atoms with Crippen LogP contribution in [0, 0.1) is 6.92 Å². The average Bonchev–Trinajstić information content (AvgIpc) is 3.45. The molecule has 0 aliphatic carbocycles. The van der Waals surface area contributed by atoms with Crippen LogP contribution in [0.4, 0.5) is 11.4 Å². The molecule has 0 saturated carbocycles. The number of nitrogens with zero attached hydrogens (tertiary/aromatic N) is 3. The van der Waals surface area contributed by atoms with Crippen LogP contribution in [-0.2, 0) is 19.4 Å². The van der Waals surface area contributed by atoms with Crippen molar-refractivity contribution in [3.05, 3.63) is 88.8 Å². The summed E-state index contributed by atoms with van der Waals surface area (Å²) < 4.78 is 32.4. The van der Waals surface area contributed by atoms with Crippen molar-refractivity contribution in [2.75, 3.05) is 17.7 Å². The lowest BCUT2D eigenvalue weighted by molar-refractivity contribution is -0.115. The van der Waals surface area contributed by atoms with E-state index >= 15 is 0 Å². The van der Waals surface area contributed by atoms with Gasteiger partial charge in [0.05, 0.1) is 29.2 Å². The number of aromatic nitrogens is 3. The summed E-state index contributed by atoms with van der Waals surface area (Å²) in [6, 6.07) is 13.1. The Hall–Kier alpha value is -4.75. The third-order valence-electron chi connectivity index (χ3n) is 6.19. The molecule has 12 nitrogen and oxygen atoms in total. The van der Waals surface area contributed by atoms with Crippen molar-refractivity contribution in [1.29, 1.82) is 0 Å². The molecule has 3 N–H and O–H groups in total. The smallest absolute Gasteiger partial charge is 0.358 e. The number of rotatable bonds is 9. The molecule has 42 heavy (non-hydrogen) atoms. The van der Waals surface area contributed by atoms with Gasteiger partial charge in [-0.15, -0.1) is 0 Å². The van der Waals surface area contributed by atoms with Crippen LogP contribution in [0.15, 0.2) is 72.0 Å². The molecule has 2 aromatic carbocycles. The van der Waals surface area contributed by atoms with E-state index < -0.39 is 38.6 Å². The van der Waals surface area contributed by atoms with Crippen LogP contribution in [0.2, 0.25) is 5.02 Å². The summed E-state index contributed by atoms with van der Waals surface area (Å²) in [6.07, 6.45) is 2.46. The van der Waals surface area contributed by atoms with E-state index in [1.54, 1.807) is 24.3 Å². The Labute approximate surface area is 246 Å². The average molecular weight is 612 g/mol. The molecule has 1 atom stereocenters. The number of methoxy groups -OCH3 is 1. The molecule has 0 bridgehead atoms. The van der Waals surface area contributed by atoms with Gasteiger partial charge in [0, 0.05) is 24.0 Å². The number of esters is 1. The Morgan fingerprint density at radius 1 is 1.05 bits per heavy atom. The molecule has 0 aliphatic heterocycles. The van der Waals surface area contributed by atoms with E-state index in [1.165, 1.54) is 49.2 Å². The highest BCUT2D eigenvalue weighted by Crippen LogP contribution is 2.34. The first-order valence-corrected chi connectivity index (χ1v) is 14.4. The van der Waals surface area contributed by atoms with Crippen molar-refractivity contribution in [2.24, 2.45) is 0 Å². The number of aryl methyl sites for hydroxylation is 1. The molecule has 2 aromatic heterocycles. The van der Waals surface area contributed by atoms with E-state index in [-0.39, 0.29) is 39.2 Å². The van der Waals surface area contributed by atoms with Gasteiger partial charge in [-0.2, -0.15) is 5.10 Å². The Balaban J connectivity index is 1.73. The number of hydrogen-bond donors (Lipinski definition) is 3. The normalized spacial score (nSPS) is 11.9. The third kappa shape index (κ3) is 6.42. The number of pyridine rings is 1. The first kappa shape index (κ1) is 30.2. The summed E-state index contributed by atoms with van der Waals surface area (Å²) in [6.45, 7) is 3.40. The number of sulfone groups is 1. The van der Waals surface area contributed by atoms with Crippen LogP contribution in [0.25, 0.3) is 5.69 Å². The quantitative estimate of drug-likeness (QED) is 0.186. The van der Waals surface area contributed by atoms with Gasteiger partial charge < -0.3 is 20.5 Å². The number of nitrogens with one attached hydrogen (secondary N) is 2. The fourth-order valence-electron chi connectivity index (χ4n) is 3.97. The molecule has 0 aliphatic rings. The van der Waals surface area contributed by atoms with Crippen LogP contribution < -0.4 is 10.6 Å². The maximum absolute atomic E-state index is 13.4. The number of benzene rings is 2. The number of amides is 2. The summed E-state index contributed by atoms with van der Waals surface area (Å²) in [5, 5.41) is 18.5. The molecular formula is C28H26ClN5O7S. The Bertz CT molecular complexity index is 1750. The highest BCUT2D eigenvalue weighted by molar-refractivity contribution is 7.92. The summed E-state index contributed by atoms with van der Waals surface area (Å²) in [7, 11) is -3.04. The molecular weight excluding hydrogens is 586 g/mol. The summed E-state index contributed by atoms with van der Waals surface area (Å²) >= 11 is 5.83. The number of phenolic OH excluding ortho intramolecular Hbond substituents is 1. The van der Waals surface area contributed by atoms with Gasteiger partial charge in [0.15, 0.2) is 10.7 Å². The number of carbonyl (C=O) groups excluding carboxylic acids is 3. The van der Waals surface area contributed by atoms with Gasteiger partial charge in [-0.05, 0) is 49.7 Å². The van der Waals surface area contributed by atoms with E-state index in [2.05, 4.69) is 20.7 Å². The highest BCUT2D eigenvalue weighted by Gasteiger charge is 2.34. The first-order valence-electron chi connectivity index (χ1n) is 12.5. The van der Waals surface area contributed by atoms with Gasteiger partial charge in [0.25, 0.3) is 5.91 Å². The first-order chi connectivity index (χ1) is 19.9. The lowest BCUT2D eigenvalue weighted by Gasteiger charge is -2.19. The maximum Gasteiger partial charge on any atom is 0.358 e. The van der Waals surface area contributed by atoms with Crippen molar-refractivity contribution in [3.8, 4) is 11.4 Å². The topological polar surface area (TPSA) is 170 Å². The van der Waals surface area contributed by atoms with Gasteiger partial charge in [0.1, 0.15) is 11.0 Å². The summed E-state index contributed by atoms with van der Waals surface area (Å²) in [5.74, 6) is -2.58. The lowest BCUT2D eigenvalue weighted by Crippen LogP contribution is -2.35. The molecule has 2 amide bonds. The van der Waals surface area contributed by atoms with E-state index in [9.17, 15) is 27.9 Å². The molecule has 14 heteroatoms. The third-order valence-corrected chi connectivity index (χ3v) is 8.54. The predicted octanol–water partition coefficient (Wildman–Crippen LogP) is 4.16. The van der Waals surface area contributed by atoms with Crippen LogP contribution in [0.1, 0.15) is 39.8 Å². The zero-order chi connectivity index (χ0) is 30.6. The fraction of sp³-hybridized carbons (Fsp3) is 0.179. The number of hydrogen-bond acceptors (Lipinski definition) is 9. The van der Waals surface area contributed by atoms with E-state index in [0.29, 0.717) is 5.56 Å². The minimum Gasteiger partial charge on any atom is -0.506 e. The van der Waals surface area contributed by atoms with Crippen LogP contribution in [0.5, 0.6) is 5.75 Å². The minimum atomic E-state index is -4.23. The summed E-state index contributed by atoms with van der Waals surface area (Å²) in [5.41, 5.74) is 1.24. The molecule has 0 radical (unpaired) electrons. The number of halogens is 1. The minimum absolute atomic E-state index is 0.0336. The Morgan fingerprint density at radius 3 is 2.38 bits per heavy atom. The molecule has 2 heterocycles. The number of ether oxygens (including phenoxy) is 1. The second-order valence-corrected chi connectivity index (χ2v) is 11.6. The molecule has 1 unspecified atom stereocenters. The number of phenols is 1. The maximum atomic E-state index is 13.4. The zero-order valence-corrected chi connectivity index (χ0v) is 24.2. The second kappa shape index (κ2) is 12.4. The van der Waals surface area contributed by atoms with Gasteiger partial charge in [-0.3, -0.25) is 9.59 Å². The molecule has 218 valence electrons. The molecule has 4 aromatic rings. The van der Waals surface area contributed by atoms with E-state index in [4.69, 9.17) is 16.3 Å². The van der Waals surface area contributed by atoms with Gasteiger partial charge >= 0.3 is 5.97 Å².